The zero-order valence-corrected chi connectivity index (χ0v) is 11.2. The van der Waals surface area contributed by atoms with Crippen molar-refractivity contribution in [2.24, 2.45) is 0 Å². The largest absolute Gasteiger partial charge is 0.454 e. The lowest BCUT2D eigenvalue weighted by Crippen LogP contribution is -2.03. The number of rotatable bonds is 3. The standard InChI is InChI=1S/C15H12ClFO3/c16-15-10(2-1-3-11(15)17)6-12(18)9-4-5-13-14(7-9)20-8-19-13/h1-5,7,12,18H,6,8H2. The van der Waals surface area contributed by atoms with E-state index in [2.05, 4.69) is 0 Å². The highest BCUT2D eigenvalue weighted by Crippen LogP contribution is 2.35. The Morgan fingerprint density at radius 1 is 1.20 bits per heavy atom. The Labute approximate surface area is 120 Å². The molecule has 1 unspecified atom stereocenters. The lowest BCUT2D eigenvalue weighted by atomic mass is 10.0. The van der Waals surface area contributed by atoms with Crippen LogP contribution in [-0.4, -0.2) is 11.9 Å². The number of aliphatic hydroxyl groups is 1. The maximum atomic E-state index is 13.4. The summed E-state index contributed by atoms with van der Waals surface area (Å²) in [5.74, 6) is 0.777. The number of halogens is 2. The number of hydrogen-bond acceptors (Lipinski definition) is 3. The summed E-state index contributed by atoms with van der Waals surface area (Å²) in [5, 5.41) is 10.3. The number of benzene rings is 2. The molecule has 0 spiro atoms. The summed E-state index contributed by atoms with van der Waals surface area (Å²) in [4.78, 5) is 0. The Bertz CT molecular complexity index is 645. The molecule has 1 atom stereocenters. The molecule has 3 rings (SSSR count). The van der Waals surface area contributed by atoms with Gasteiger partial charge < -0.3 is 14.6 Å². The zero-order chi connectivity index (χ0) is 14.1. The molecule has 1 N–H and O–H groups in total. The Morgan fingerprint density at radius 2 is 2.00 bits per heavy atom. The summed E-state index contributed by atoms with van der Waals surface area (Å²) in [5.41, 5.74) is 1.24. The molecule has 2 aromatic carbocycles. The smallest absolute Gasteiger partial charge is 0.231 e. The quantitative estimate of drug-likeness (QED) is 0.942. The molecule has 5 heteroatoms. The highest BCUT2D eigenvalue weighted by molar-refractivity contribution is 6.31. The van der Waals surface area contributed by atoms with Crippen LogP contribution in [0.2, 0.25) is 5.02 Å². The van der Waals surface area contributed by atoms with Gasteiger partial charge in [0.25, 0.3) is 0 Å². The van der Waals surface area contributed by atoms with Crippen LogP contribution in [0.15, 0.2) is 36.4 Å². The summed E-state index contributed by atoms with van der Waals surface area (Å²) in [6, 6.07) is 9.78. The summed E-state index contributed by atoms with van der Waals surface area (Å²) >= 11 is 5.89. The van der Waals surface area contributed by atoms with Crippen molar-refractivity contribution in [3.8, 4) is 11.5 Å². The minimum absolute atomic E-state index is 0.0484. The molecule has 0 radical (unpaired) electrons. The summed E-state index contributed by atoms with van der Waals surface area (Å²) < 4.78 is 23.8. The molecule has 1 aliphatic heterocycles. The molecule has 0 aliphatic carbocycles. The van der Waals surface area contributed by atoms with Crippen LogP contribution in [0.3, 0.4) is 0 Å². The molecule has 0 bridgehead atoms. The summed E-state index contributed by atoms with van der Waals surface area (Å²) in [7, 11) is 0. The zero-order valence-electron chi connectivity index (χ0n) is 10.5. The van der Waals surface area contributed by atoms with Crippen molar-refractivity contribution in [1.82, 2.24) is 0 Å². The van der Waals surface area contributed by atoms with E-state index in [0.717, 1.165) is 0 Å². The van der Waals surface area contributed by atoms with Gasteiger partial charge in [-0.2, -0.15) is 0 Å². The fourth-order valence-electron chi connectivity index (χ4n) is 2.15. The lowest BCUT2D eigenvalue weighted by molar-refractivity contribution is 0.171. The molecule has 0 saturated heterocycles. The second kappa shape index (κ2) is 5.31. The van der Waals surface area contributed by atoms with Gasteiger partial charge >= 0.3 is 0 Å². The molecule has 0 saturated carbocycles. The molecule has 0 amide bonds. The molecule has 1 aliphatic rings. The van der Waals surface area contributed by atoms with E-state index in [1.807, 2.05) is 0 Å². The van der Waals surface area contributed by atoms with Crippen LogP contribution in [0.4, 0.5) is 4.39 Å². The molecular weight excluding hydrogens is 283 g/mol. The first-order valence-corrected chi connectivity index (χ1v) is 6.53. The van der Waals surface area contributed by atoms with Crippen molar-refractivity contribution in [3.63, 3.8) is 0 Å². The second-order valence-corrected chi connectivity index (χ2v) is 4.92. The van der Waals surface area contributed by atoms with E-state index in [-0.39, 0.29) is 18.2 Å². The number of fused-ring (bicyclic) bond motifs is 1. The molecule has 0 aromatic heterocycles. The van der Waals surface area contributed by atoms with Crippen LogP contribution < -0.4 is 9.47 Å². The number of aliphatic hydroxyl groups excluding tert-OH is 1. The Balaban J connectivity index is 1.82. The van der Waals surface area contributed by atoms with Crippen molar-refractivity contribution in [3.05, 3.63) is 58.4 Å². The van der Waals surface area contributed by atoms with Gasteiger partial charge in [0.05, 0.1) is 11.1 Å². The molecule has 3 nitrogen and oxygen atoms in total. The van der Waals surface area contributed by atoms with Crippen molar-refractivity contribution < 1.29 is 19.0 Å². The Hall–Kier alpha value is -1.78. The van der Waals surface area contributed by atoms with E-state index in [0.29, 0.717) is 22.6 Å². The van der Waals surface area contributed by atoms with Crippen molar-refractivity contribution in [2.75, 3.05) is 6.79 Å². The fraction of sp³-hybridized carbons (Fsp3) is 0.200. The maximum Gasteiger partial charge on any atom is 0.231 e. The average molecular weight is 295 g/mol. The monoisotopic (exact) mass is 294 g/mol. The van der Waals surface area contributed by atoms with Crippen molar-refractivity contribution >= 4 is 11.6 Å². The molecular formula is C15H12ClFO3. The van der Waals surface area contributed by atoms with Gasteiger partial charge in [-0.3, -0.25) is 0 Å². The van der Waals surface area contributed by atoms with Crippen molar-refractivity contribution in [1.29, 1.82) is 0 Å². The van der Waals surface area contributed by atoms with E-state index in [4.69, 9.17) is 21.1 Å². The fourth-order valence-corrected chi connectivity index (χ4v) is 2.36. The van der Waals surface area contributed by atoms with Crippen LogP contribution in [-0.2, 0) is 6.42 Å². The topological polar surface area (TPSA) is 38.7 Å². The average Bonchev–Trinajstić information content (AvgIpc) is 2.91. The first-order chi connectivity index (χ1) is 9.65. The third kappa shape index (κ3) is 2.44. The Kier molecular flexibility index (Phi) is 3.51. The second-order valence-electron chi connectivity index (χ2n) is 4.55. The van der Waals surface area contributed by atoms with Crippen molar-refractivity contribution in [2.45, 2.75) is 12.5 Å². The predicted molar refractivity (Wildman–Crippen MR) is 72.6 cm³/mol. The molecule has 104 valence electrons. The molecule has 20 heavy (non-hydrogen) atoms. The SMILES string of the molecule is OC(Cc1cccc(F)c1Cl)c1ccc2c(c1)OCO2. The van der Waals surface area contributed by atoms with Gasteiger partial charge in [-0.25, -0.2) is 4.39 Å². The predicted octanol–water partition coefficient (Wildman–Crippen LogP) is 3.48. The highest BCUT2D eigenvalue weighted by Gasteiger charge is 2.18. The summed E-state index contributed by atoms with van der Waals surface area (Å²) in [6.45, 7) is 0.185. The van der Waals surface area contributed by atoms with Crippen LogP contribution in [0.5, 0.6) is 11.5 Å². The minimum atomic E-state index is -0.788. The Morgan fingerprint density at radius 3 is 2.85 bits per heavy atom. The number of ether oxygens (including phenoxy) is 2. The number of hydrogen-bond donors (Lipinski definition) is 1. The van der Waals surface area contributed by atoms with E-state index in [9.17, 15) is 9.50 Å². The first kappa shape index (κ1) is 13.2. The van der Waals surface area contributed by atoms with E-state index in [1.54, 1.807) is 30.3 Å². The van der Waals surface area contributed by atoms with Gasteiger partial charge in [-0.1, -0.05) is 29.8 Å². The minimum Gasteiger partial charge on any atom is -0.454 e. The first-order valence-electron chi connectivity index (χ1n) is 6.15. The molecule has 0 fully saturated rings. The van der Waals surface area contributed by atoms with Crippen LogP contribution >= 0.6 is 11.6 Å². The van der Waals surface area contributed by atoms with E-state index in [1.165, 1.54) is 6.07 Å². The van der Waals surface area contributed by atoms with E-state index >= 15 is 0 Å². The summed E-state index contributed by atoms with van der Waals surface area (Å²) in [6.07, 6.45) is -0.556. The highest BCUT2D eigenvalue weighted by atomic mass is 35.5. The van der Waals surface area contributed by atoms with Gasteiger partial charge in [0.1, 0.15) is 5.82 Å². The maximum absolute atomic E-state index is 13.4. The normalized spacial score (nSPS) is 14.3. The van der Waals surface area contributed by atoms with Crippen LogP contribution in [0.25, 0.3) is 0 Å². The third-order valence-electron chi connectivity index (χ3n) is 3.23. The lowest BCUT2D eigenvalue weighted by Gasteiger charge is -2.13. The van der Waals surface area contributed by atoms with Crippen LogP contribution in [0, 0.1) is 5.82 Å². The van der Waals surface area contributed by atoms with Gasteiger partial charge in [-0.05, 0) is 29.3 Å². The molecule has 1 heterocycles. The van der Waals surface area contributed by atoms with Gasteiger partial charge in [0, 0.05) is 6.42 Å². The van der Waals surface area contributed by atoms with Crippen LogP contribution in [0.1, 0.15) is 17.2 Å². The van der Waals surface area contributed by atoms with Gasteiger partial charge in [-0.15, -0.1) is 0 Å². The van der Waals surface area contributed by atoms with E-state index < -0.39 is 11.9 Å². The molecule has 2 aromatic rings. The third-order valence-corrected chi connectivity index (χ3v) is 3.65. The van der Waals surface area contributed by atoms with Gasteiger partial charge in [0.2, 0.25) is 6.79 Å². The van der Waals surface area contributed by atoms with Gasteiger partial charge in [0.15, 0.2) is 11.5 Å².